The molecule has 0 spiro atoms. The second-order valence-electron chi connectivity index (χ2n) is 5.76. The first-order valence-electron chi connectivity index (χ1n) is 7.32. The predicted octanol–water partition coefficient (Wildman–Crippen LogP) is 3.42. The van der Waals surface area contributed by atoms with E-state index < -0.39 is 6.10 Å². The predicted molar refractivity (Wildman–Crippen MR) is 75.4 cm³/mol. The second kappa shape index (κ2) is 7.01. The molecule has 3 heteroatoms. The number of hydrogen-bond donors (Lipinski definition) is 2. The van der Waals surface area contributed by atoms with Gasteiger partial charge in [0.25, 0.3) is 0 Å². The monoisotopic (exact) mass is 265 g/mol. The Hall–Kier alpha value is -0.930. The van der Waals surface area contributed by atoms with Gasteiger partial charge in [0.05, 0.1) is 6.10 Å². The minimum atomic E-state index is -0.522. The maximum Gasteiger partial charge on any atom is 0.123 e. The molecule has 1 aliphatic rings. The van der Waals surface area contributed by atoms with Gasteiger partial charge in [-0.1, -0.05) is 25.0 Å². The van der Waals surface area contributed by atoms with Crippen molar-refractivity contribution >= 4 is 0 Å². The molecule has 1 aromatic rings. The zero-order valence-corrected chi connectivity index (χ0v) is 11.6. The molecule has 0 amide bonds. The lowest BCUT2D eigenvalue weighted by Crippen LogP contribution is -2.31. The summed E-state index contributed by atoms with van der Waals surface area (Å²) in [7, 11) is 0. The maximum atomic E-state index is 12.8. The Bertz CT molecular complexity index is 373. The Morgan fingerprint density at radius 3 is 2.53 bits per heavy atom. The van der Waals surface area contributed by atoms with Crippen molar-refractivity contribution in [1.29, 1.82) is 0 Å². The van der Waals surface area contributed by atoms with Gasteiger partial charge in [-0.15, -0.1) is 0 Å². The lowest BCUT2D eigenvalue weighted by atomic mass is 10.0. The first-order valence-corrected chi connectivity index (χ1v) is 7.32. The standard InChI is InChI=1S/C16H24FNO/c1-12(18-11-13-4-2-3-5-13)10-16(19)14-6-8-15(17)9-7-14/h6-9,12-13,16,18-19H,2-5,10-11H2,1H3. The highest BCUT2D eigenvalue weighted by Gasteiger charge is 2.17. The Kier molecular flexibility index (Phi) is 5.34. The van der Waals surface area contributed by atoms with Crippen molar-refractivity contribution in [3.63, 3.8) is 0 Å². The summed E-state index contributed by atoms with van der Waals surface area (Å²) in [6, 6.07) is 6.39. The van der Waals surface area contributed by atoms with Crippen LogP contribution in [0.2, 0.25) is 0 Å². The zero-order valence-electron chi connectivity index (χ0n) is 11.6. The molecule has 1 saturated carbocycles. The molecular formula is C16H24FNO. The lowest BCUT2D eigenvalue weighted by molar-refractivity contribution is 0.153. The maximum absolute atomic E-state index is 12.8. The molecule has 1 aliphatic carbocycles. The average Bonchev–Trinajstić information content (AvgIpc) is 2.90. The van der Waals surface area contributed by atoms with Gasteiger partial charge in [0, 0.05) is 6.04 Å². The van der Waals surface area contributed by atoms with Gasteiger partial charge < -0.3 is 10.4 Å². The van der Waals surface area contributed by atoms with Gasteiger partial charge in [0.15, 0.2) is 0 Å². The fourth-order valence-electron chi connectivity index (χ4n) is 2.82. The summed E-state index contributed by atoms with van der Waals surface area (Å²) < 4.78 is 12.8. The third-order valence-electron chi connectivity index (χ3n) is 4.06. The third-order valence-corrected chi connectivity index (χ3v) is 4.06. The van der Waals surface area contributed by atoms with Gasteiger partial charge in [-0.2, -0.15) is 0 Å². The van der Waals surface area contributed by atoms with Gasteiger partial charge in [0.1, 0.15) is 5.82 Å². The zero-order chi connectivity index (χ0) is 13.7. The number of rotatable bonds is 6. The minimum absolute atomic E-state index is 0.261. The molecule has 0 saturated heterocycles. The Morgan fingerprint density at radius 1 is 1.26 bits per heavy atom. The van der Waals surface area contributed by atoms with Crippen molar-refractivity contribution in [1.82, 2.24) is 5.32 Å². The topological polar surface area (TPSA) is 32.3 Å². The van der Waals surface area contributed by atoms with Crippen LogP contribution in [-0.2, 0) is 0 Å². The van der Waals surface area contributed by atoms with Crippen LogP contribution in [0.5, 0.6) is 0 Å². The van der Waals surface area contributed by atoms with E-state index >= 15 is 0 Å². The van der Waals surface area contributed by atoms with E-state index in [2.05, 4.69) is 12.2 Å². The quantitative estimate of drug-likeness (QED) is 0.826. The molecule has 2 N–H and O–H groups in total. The summed E-state index contributed by atoms with van der Waals surface area (Å²) in [5.41, 5.74) is 0.788. The second-order valence-corrected chi connectivity index (χ2v) is 5.76. The molecule has 0 heterocycles. The van der Waals surface area contributed by atoms with E-state index in [4.69, 9.17) is 0 Å². The first-order chi connectivity index (χ1) is 9.15. The van der Waals surface area contributed by atoms with Crippen molar-refractivity contribution in [3.8, 4) is 0 Å². The highest BCUT2D eigenvalue weighted by Crippen LogP contribution is 2.24. The first kappa shape index (κ1) is 14.5. The molecule has 0 bridgehead atoms. The summed E-state index contributed by atoms with van der Waals surface area (Å²) >= 11 is 0. The fraction of sp³-hybridized carbons (Fsp3) is 0.625. The number of halogens is 1. The number of aliphatic hydroxyl groups is 1. The van der Waals surface area contributed by atoms with Gasteiger partial charge in [-0.3, -0.25) is 0 Å². The summed E-state index contributed by atoms with van der Waals surface area (Å²) in [5.74, 6) is 0.550. The van der Waals surface area contributed by atoms with E-state index in [0.29, 0.717) is 6.42 Å². The summed E-state index contributed by atoms with van der Waals surface area (Å²) in [6.07, 6.45) is 5.53. The number of nitrogens with one attached hydrogen (secondary N) is 1. The van der Waals surface area contributed by atoms with E-state index in [0.717, 1.165) is 18.0 Å². The molecule has 2 rings (SSSR count). The van der Waals surface area contributed by atoms with Crippen LogP contribution in [0.4, 0.5) is 4.39 Å². The summed E-state index contributed by atoms with van der Waals surface area (Å²) in [4.78, 5) is 0. The molecule has 2 unspecified atom stereocenters. The van der Waals surface area contributed by atoms with E-state index in [9.17, 15) is 9.50 Å². The molecule has 0 radical (unpaired) electrons. The highest BCUT2D eigenvalue weighted by molar-refractivity contribution is 5.18. The molecule has 1 fully saturated rings. The van der Waals surface area contributed by atoms with Crippen LogP contribution in [0.3, 0.4) is 0 Å². The number of hydrogen-bond acceptors (Lipinski definition) is 2. The van der Waals surface area contributed by atoms with Crippen LogP contribution in [0.25, 0.3) is 0 Å². The lowest BCUT2D eigenvalue weighted by Gasteiger charge is -2.20. The van der Waals surface area contributed by atoms with Crippen molar-refractivity contribution in [2.75, 3.05) is 6.54 Å². The Morgan fingerprint density at radius 2 is 1.89 bits per heavy atom. The van der Waals surface area contributed by atoms with E-state index in [1.165, 1.54) is 37.8 Å². The van der Waals surface area contributed by atoms with Crippen molar-refractivity contribution in [2.24, 2.45) is 5.92 Å². The van der Waals surface area contributed by atoms with Gasteiger partial charge in [-0.25, -0.2) is 4.39 Å². The summed E-state index contributed by atoms with van der Waals surface area (Å²) in [5, 5.41) is 13.6. The highest BCUT2D eigenvalue weighted by atomic mass is 19.1. The molecule has 106 valence electrons. The Labute approximate surface area is 115 Å². The van der Waals surface area contributed by atoms with Crippen LogP contribution >= 0.6 is 0 Å². The van der Waals surface area contributed by atoms with Gasteiger partial charge in [-0.05, 0) is 56.3 Å². The molecule has 2 atom stereocenters. The average molecular weight is 265 g/mol. The molecule has 2 nitrogen and oxygen atoms in total. The molecule has 0 aromatic heterocycles. The van der Waals surface area contributed by atoms with Crippen molar-refractivity contribution in [3.05, 3.63) is 35.6 Å². The number of aliphatic hydroxyl groups excluding tert-OH is 1. The van der Waals surface area contributed by atoms with Crippen LogP contribution in [0, 0.1) is 11.7 Å². The smallest absolute Gasteiger partial charge is 0.123 e. The van der Waals surface area contributed by atoms with Crippen molar-refractivity contribution in [2.45, 2.75) is 51.2 Å². The molecular weight excluding hydrogens is 241 g/mol. The molecule has 1 aromatic carbocycles. The molecule has 0 aliphatic heterocycles. The van der Waals surface area contributed by atoms with Crippen molar-refractivity contribution < 1.29 is 9.50 Å². The SMILES string of the molecule is CC(CC(O)c1ccc(F)cc1)NCC1CCCC1. The molecule has 19 heavy (non-hydrogen) atoms. The van der Waals surface area contributed by atoms with Gasteiger partial charge in [0.2, 0.25) is 0 Å². The largest absolute Gasteiger partial charge is 0.388 e. The number of benzene rings is 1. The van der Waals surface area contributed by atoms with Crippen LogP contribution in [0.1, 0.15) is 50.7 Å². The van der Waals surface area contributed by atoms with Crippen LogP contribution < -0.4 is 5.32 Å². The minimum Gasteiger partial charge on any atom is -0.388 e. The Balaban J connectivity index is 1.74. The van der Waals surface area contributed by atoms with E-state index in [1.54, 1.807) is 12.1 Å². The van der Waals surface area contributed by atoms with Crippen LogP contribution in [0.15, 0.2) is 24.3 Å². The summed E-state index contributed by atoms with van der Waals surface area (Å²) in [6.45, 7) is 3.15. The third kappa shape index (κ3) is 4.59. The fourth-order valence-corrected chi connectivity index (χ4v) is 2.82. The normalized spacial score (nSPS) is 19.5. The van der Waals surface area contributed by atoms with E-state index in [1.807, 2.05) is 0 Å². The van der Waals surface area contributed by atoms with Gasteiger partial charge >= 0.3 is 0 Å². The van der Waals surface area contributed by atoms with Crippen LogP contribution in [-0.4, -0.2) is 17.7 Å². The van der Waals surface area contributed by atoms with E-state index in [-0.39, 0.29) is 11.9 Å².